The minimum Gasteiger partial charge on any atom is -0.399 e. The SMILES string of the molecule is Cc1cc(N)ccc1C1=CCC(C)(N)C=C1. The Labute approximate surface area is 96.6 Å². The summed E-state index contributed by atoms with van der Waals surface area (Å²) in [5, 5.41) is 0. The van der Waals surface area contributed by atoms with Gasteiger partial charge in [-0.1, -0.05) is 24.3 Å². The molecule has 0 heterocycles. The number of nitrogens with two attached hydrogens (primary N) is 2. The molecule has 2 nitrogen and oxygen atoms in total. The molecule has 2 heteroatoms. The fourth-order valence-corrected chi connectivity index (χ4v) is 1.96. The number of anilines is 1. The molecule has 0 amide bonds. The zero-order valence-electron chi connectivity index (χ0n) is 9.83. The lowest BCUT2D eigenvalue weighted by atomic mass is 9.88. The fraction of sp³-hybridized carbons (Fsp3) is 0.286. The van der Waals surface area contributed by atoms with Crippen LogP contribution in [0.25, 0.3) is 5.57 Å². The van der Waals surface area contributed by atoms with Gasteiger partial charge in [-0.3, -0.25) is 0 Å². The predicted octanol–water partition coefficient (Wildman–Crippen LogP) is 2.64. The summed E-state index contributed by atoms with van der Waals surface area (Å²) < 4.78 is 0. The molecule has 0 aliphatic heterocycles. The molecular weight excluding hydrogens is 196 g/mol. The quantitative estimate of drug-likeness (QED) is 0.706. The van der Waals surface area contributed by atoms with E-state index in [-0.39, 0.29) is 5.54 Å². The van der Waals surface area contributed by atoms with Gasteiger partial charge in [0.05, 0.1) is 0 Å². The molecule has 0 bridgehead atoms. The second-order valence-electron chi connectivity index (χ2n) is 4.78. The number of allylic oxidation sites excluding steroid dienone is 2. The van der Waals surface area contributed by atoms with Crippen LogP contribution < -0.4 is 11.5 Å². The topological polar surface area (TPSA) is 52.0 Å². The van der Waals surface area contributed by atoms with E-state index in [9.17, 15) is 0 Å². The first-order valence-electron chi connectivity index (χ1n) is 5.53. The van der Waals surface area contributed by atoms with Crippen molar-refractivity contribution in [3.05, 3.63) is 47.6 Å². The van der Waals surface area contributed by atoms with Crippen LogP contribution in [-0.2, 0) is 0 Å². The van der Waals surface area contributed by atoms with Crippen molar-refractivity contribution in [2.45, 2.75) is 25.8 Å². The van der Waals surface area contributed by atoms with Gasteiger partial charge in [0.25, 0.3) is 0 Å². The second-order valence-corrected chi connectivity index (χ2v) is 4.78. The molecule has 0 radical (unpaired) electrons. The van der Waals surface area contributed by atoms with Gasteiger partial charge in [-0.05, 0) is 49.1 Å². The van der Waals surface area contributed by atoms with Gasteiger partial charge in [0.1, 0.15) is 0 Å². The van der Waals surface area contributed by atoms with Crippen LogP contribution in [0, 0.1) is 6.92 Å². The summed E-state index contributed by atoms with van der Waals surface area (Å²) in [4.78, 5) is 0. The van der Waals surface area contributed by atoms with Gasteiger partial charge in [-0.2, -0.15) is 0 Å². The number of rotatable bonds is 1. The molecule has 84 valence electrons. The fourth-order valence-electron chi connectivity index (χ4n) is 1.96. The zero-order chi connectivity index (χ0) is 11.8. The van der Waals surface area contributed by atoms with Crippen molar-refractivity contribution in [2.75, 3.05) is 5.73 Å². The largest absolute Gasteiger partial charge is 0.399 e. The molecule has 0 spiro atoms. The molecule has 0 saturated heterocycles. The standard InChI is InChI=1S/C14H18N2/c1-10-9-12(15)3-4-13(10)11-5-7-14(2,16)8-6-11/h3-7,9H,8,15-16H2,1-2H3. The maximum absolute atomic E-state index is 6.03. The number of hydrogen-bond donors (Lipinski definition) is 2. The molecule has 1 aromatic rings. The summed E-state index contributed by atoms with van der Waals surface area (Å²) >= 11 is 0. The average Bonchev–Trinajstić information content (AvgIpc) is 2.19. The highest BCUT2D eigenvalue weighted by atomic mass is 14.7. The third kappa shape index (κ3) is 2.17. The molecule has 2 rings (SSSR count). The summed E-state index contributed by atoms with van der Waals surface area (Å²) in [6.07, 6.45) is 7.24. The van der Waals surface area contributed by atoms with E-state index in [0.717, 1.165) is 12.1 Å². The van der Waals surface area contributed by atoms with Gasteiger partial charge in [0.2, 0.25) is 0 Å². The summed E-state index contributed by atoms with van der Waals surface area (Å²) in [5.74, 6) is 0. The number of hydrogen-bond acceptors (Lipinski definition) is 2. The molecule has 1 atom stereocenters. The Morgan fingerprint density at radius 3 is 2.62 bits per heavy atom. The van der Waals surface area contributed by atoms with Crippen molar-refractivity contribution in [1.29, 1.82) is 0 Å². The van der Waals surface area contributed by atoms with Crippen molar-refractivity contribution in [2.24, 2.45) is 5.73 Å². The molecule has 1 aromatic carbocycles. The Morgan fingerprint density at radius 1 is 1.31 bits per heavy atom. The first kappa shape index (κ1) is 11.0. The van der Waals surface area contributed by atoms with Crippen LogP contribution in [0.3, 0.4) is 0 Å². The number of aryl methyl sites for hydroxylation is 1. The van der Waals surface area contributed by atoms with Crippen LogP contribution in [0.15, 0.2) is 36.4 Å². The lowest BCUT2D eigenvalue weighted by molar-refractivity contribution is 0.591. The number of nitrogen functional groups attached to an aromatic ring is 1. The molecule has 4 N–H and O–H groups in total. The molecule has 0 aromatic heterocycles. The highest BCUT2D eigenvalue weighted by molar-refractivity contribution is 5.78. The zero-order valence-corrected chi connectivity index (χ0v) is 9.83. The number of benzene rings is 1. The second kappa shape index (κ2) is 3.80. The lowest BCUT2D eigenvalue weighted by Gasteiger charge is -2.23. The van der Waals surface area contributed by atoms with Gasteiger partial charge in [-0.15, -0.1) is 0 Å². The smallest absolute Gasteiger partial charge is 0.0348 e. The van der Waals surface area contributed by atoms with Crippen LogP contribution in [-0.4, -0.2) is 5.54 Å². The summed E-state index contributed by atoms with van der Waals surface area (Å²) in [7, 11) is 0. The molecular formula is C14H18N2. The summed E-state index contributed by atoms with van der Waals surface area (Å²) in [6, 6.07) is 6.01. The summed E-state index contributed by atoms with van der Waals surface area (Å²) in [5.41, 5.74) is 16.1. The predicted molar refractivity (Wildman–Crippen MR) is 69.9 cm³/mol. The molecule has 1 unspecified atom stereocenters. The van der Waals surface area contributed by atoms with Crippen molar-refractivity contribution in [3.8, 4) is 0 Å². The third-order valence-corrected chi connectivity index (χ3v) is 2.97. The van der Waals surface area contributed by atoms with Gasteiger partial charge in [0.15, 0.2) is 0 Å². The highest BCUT2D eigenvalue weighted by Crippen LogP contribution is 2.28. The van der Waals surface area contributed by atoms with E-state index in [1.165, 1.54) is 16.7 Å². The van der Waals surface area contributed by atoms with Gasteiger partial charge in [-0.25, -0.2) is 0 Å². The van der Waals surface area contributed by atoms with Crippen LogP contribution in [0.2, 0.25) is 0 Å². The lowest BCUT2D eigenvalue weighted by Crippen LogP contribution is -2.33. The minimum atomic E-state index is -0.203. The van der Waals surface area contributed by atoms with E-state index in [4.69, 9.17) is 11.5 Å². The maximum atomic E-state index is 6.03. The molecule has 0 fully saturated rings. The van der Waals surface area contributed by atoms with E-state index >= 15 is 0 Å². The Balaban J connectivity index is 2.34. The molecule has 0 saturated carbocycles. The van der Waals surface area contributed by atoms with E-state index < -0.39 is 0 Å². The maximum Gasteiger partial charge on any atom is 0.0348 e. The van der Waals surface area contributed by atoms with Crippen LogP contribution in [0.5, 0.6) is 0 Å². The first-order chi connectivity index (χ1) is 7.48. The molecule has 1 aliphatic carbocycles. The average molecular weight is 214 g/mol. The van der Waals surface area contributed by atoms with Gasteiger partial charge < -0.3 is 11.5 Å². The minimum absolute atomic E-state index is 0.203. The van der Waals surface area contributed by atoms with Crippen molar-refractivity contribution in [1.82, 2.24) is 0 Å². The molecule has 1 aliphatic rings. The highest BCUT2D eigenvalue weighted by Gasteiger charge is 2.17. The van der Waals surface area contributed by atoms with E-state index in [0.29, 0.717) is 0 Å². The van der Waals surface area contributed by atoms with E-state index in [1.807, 2.05) is 19.1 Å². The van der Waals surface area contributed by atoms with Crippen molar-refractivity contribution < 1.29 is 0 Å². The van der Waals surface area contributed by atoms with Crippen LogP contribution in [0.4, 0.5) is 5.69 Å². The van der Waals surface area contributed by atoms with Crippen molar-refractivity contribution in [3.63, 3.8) is 0 Å². The Morgan fingerprint density at radius 2 is 2.06 bits per heavy atom. The monoisotopic (exact) mass is 214 g/mol. The van der Waals surface area contributed by atoms with Gasteiger partial charge >= 0.3 is 0 Å². The Bertz CT molecular complexity index is 468. The van der Waals surface area contributed by atoms with Gasteiger partial charge in [0, 0.05) is 11.2 Å². The third-order valence-electron chi connectivity index (χ3n) is 2.97. The Hall–Kier alpha value is -1.54. The summed E-state index contributed by atoms with van der Waals surface area (Å²) in [6.45, 7) is 4.11. The first-order valence-corrected chi connectivity index (χ1v) is 5.53. The van der Waals surface area contributed by atoms with Crippen LogP contribution >= 0.6 is 0 Å². The Kier molecular flexibility index (Phi) is 2.60. The normalized spacial score (nSPS) is 24.3. The van der Waals surface area contributed by atoms with Crippen LogP contribution in [0.1, 0.15) is 24.5 Å². The van der Waals surface area contributed by atoms with E-state index in [1.54, 1.807) is 0 Å². The van der Waals surface area contributed by atoms with Crippen molar-refractivity contribution >= 4 is 11.3 Å². The molecule has 16 heavy (non-hydrogen) atoms. The van der Waals surface area contributed by atoms with E-state index in [2.05, 4.69) is 31.2 Å².